The van der Waals surface area contributed by atoms with E-state index in [1.807, 2.05) is 6.08 Å². The fourth-order valence-corrected chi connectivity index (χ4v) is 9.50. The summed E-state index contributed by atoms with van der Waals surface area (Å²) >= 11 is 0. The van der Waals surface area contributed by atoms with Gasteiger partial charge in [-0.05, 0) is 81.6 Å². The number of esters is 1. The third-order valence-corrected chi connectivity index (χ3v) is 10.5. The molecule has 0 N–H and O–H groups in total. The molecule has 166 valence electrons. The number of carbonyl (C=O) groups excluding carboxylic acids is 1. The third kappa shape index (κ3) is 2.17. The van der Waals surface area contributed by atoms with Crippen LogP contribution in [0.4, 0.5) is 4.39 Å². The van der Waals surface area contributed by atoms with Crippen LogP contribution in [0.3, 0.4) is 0 Å². The summed E-state index contributed by atoms with van der Waals surface area (Å²) in [5.74, 6) is 1.12. The molecule has 8 unspecified atom stereocenters. The second-order valence-electron chi connectivity index (χ2n) is 11.4. The predicted molar refractivity (Wildman–Crippen MR) is 109 cm³/mol. The number of halogens is 1. The monoisotopic (exact) mass is 418 g/mol. The van der Waals surface area contributed by atoms with E-state index in [9.17, 15) is 4.79 Å². The molecule has 5 aliphatic carbocycles. The molecule has 0 aromatic rings. The molecular weight excluding hydrogens is 383 g/mol. The van der Waals surface area contributed by atoms with Crippen molar-refractivity contribution >= 4 is 5.97 Å². The lowest BCUT2D eigenvalue weighted by Gasteiger charge is -2.68. The molecule has 5 heteroatoms. The first-order chi connectivity index (χ1) is 14.2. The highest BCUT2D eigenvalue weighted by Crippen LogP contribution is 2.75. The van der Waals surface area contributed by atoms with Gasteiger partial charge >= 0.3 is 5.97 Å². The smallest absolute Gasteiger partial charge is 0.302 e. The Morgan fingerprint density at radius 2 is 1.83 bits per heavy atom. The summed E-state index contributed by atoms with van der Waals surface area (Å²) in [7, 11) is 0. The summed E-state index contributed by atoms with van der Waals surface area (Å²) in [6.07, 6.45) is 9.19. The molecule has 2 spiro atoms. The molecule has 0 aromatic carbocycles. The van der Waals surface area contributed by atoms with Crippen LogP contribution in [0.15, 0.2) is 11.6 Å². The van der Waals surface area contributed by atoms with Crippen LogP contribution in [-0.4, -0.2) is 36.7 Å². The van der Waals surface area contributed by atoms with Crippen LogP contribution in [0.25, 0.3) is 0 Å². The fraction of sp³-hybridized carbons (Fsp3) is 0.880. The molecule has 1 heterocycles. The molecule has 30 heavy (non-hydrogen) atoms. The Morgan fingerprint density at radius 1 is 1.07 bits per heavy atom. The molecule has 0 aromatic heterocycles. The van der Waals surface area contributed by atoms with E-state index in [1.165, 1.54) is 12.5 Å². The maximum absolute atomic E-state index is 16.7. The van der Waals surface area contributed by atoms with Gasteiger partial charge in [0.1, 0.15) is 11.8 Å². The highest BCUT2D eigenvalue weighted by molar-refractivity contribution is 5.66. The van der Waals surface area contributed by atoms with E-state index in [2.05, 4.69) is 13.8 Å². The van der Waals surface area contributed by atoms with Gasteiger partial charge in [-0.3, -0.25) is 4.79 Å². The fourth-order valence-electron chi connectivity index (χ4n) is 9.50. The number of fused-ring (bicyclic) bond motifs is 5. The van der Waals surface area contributed by atoms with Crippen LogP contribution in [0.1, 0.15) is 72.1 Å². The first-order valence-electron chi connectivity index (χ1n) is 12.1. The van der Waals surface area contributed by atoms with Crippen molar-refractivity contribution in [1.82, 2.24) is 0 Å². The zero-order chi connectivity index (χ0) is 20.9. The van der Waals surface area contributed by atoms with Gasteiger partial charge in [0, 0.05) is 24.2 Å². The largest absolute Gasteiger partial charge is 0.463 e. The van der Waals surface area contributed by atoms with Gasteiger partial charge in [0.2, 0.25) is 0 Å². The van der Waals surface area contributed by atoms with E-state index < -0.39 is 16.9 Å². The number of hydrogen-bond acceptors (Lipinski definition) is 4. The minimum atomic E-state index is -1.26. The van der Waals surface area contributed by atoms with Crippen LogP contribution >= 0.6 is 0 Å². The number of rotatable bonds is 1. The summed E-state index contributed by atoms with van der Waals surface area (Å²) in [6, 6.07) is 0. The summed E-state index contributed by atoms with van der Waals surface area (Å²) in [6.45, 7) is 7.32. The normalized spacial score (nSPS) is 53.1. The van der Waals surface area contributed by atoms with Crippen molar-refractivity contribution in [2.24, 2.45) is 34.5 Å². The van der Waals surface area contributed by atoms with Crippen molar-refractivity contribution in [3.63, 3.8) is 0 Å². The van der Waals surface area contributed by atoms with Gasteiger partial charge in [-0.15, -0.1) is 0 Å². The Balaban J connectivity index is 1.34. The SMILES string of the molecule is CC(=O)OC1CCC2C3CCC4(C)C(CCC45OCCO5)C3CC3(F)C=C(C)C23C1. The van der Waals surface area contributed by atoms with Gasteiger partial charge in [0.05, 0.1) is 13.2 Å². The van der Waals surface area contributed by atoms with E-state index in [4.69, 9.17) is 14.2 Å². The molecule has 5 fully saturated rings. The van der Waals surface area contributed by atoms with Gasteiger partial charge in [0.15, 0.2) is 5.79 Å². The predicted octanol–water partition coefficient (Wildman–Crippen LogP) is 4.96. The standard InChI is InChI=1S/C25H35FO4/c1-15-12-23(26)14-19-18(21-5-4-17(30-16(2)27)13-24(15,21)23)6-8-22(3)20(19)7-9-25(22)28-10-11-29-25/h12,17-21H,4-11,13-14H2,1-3H3. The van der Waals surface area contributed by atoms with Gasteiger partial charge in [-0.25, -0.2) is 4.39 Å². The topological polar surface area (TPSA) is 44.8 Å². The van der Waals surface area contributed by atoms with E-state index in [0.29, 0.717) is 49.7 Å². The van der Waals surface area contributed by atoms with Gasteiger partial charge in [-0.1, -0.05) is 12.5 Å². The second-order valence-corrected chi connectivity index (χ2v) is 11.4. The molecule has 0 bridgehead atoms. The van der Waals surface area contributed by atoms with Gasteiger partial charge in [-0.2, -0.15) is 0 Å². The van der Waals surface area contributed by atoms with Gasteiger partial charge in [0.25, 0.3) is 0 Å². The number of allylic oxidation sites excluding steroid dienone is 2. The number of alkyl halides is 1. The van der Waals surface area contributed by atoms with Crippen molar-refractivity contribution in [2.75, 3.05) is 13.2 Å². The minimum absolute atomic E-state index is 0.00151. The average Bonchev–Trinajstić information content (AvgIpc) is 3.28. The molecule has 6 rings (SSSR count). The van der Waals surface area contributed by atoms with E-state index >= 15 is 4.39 Å². The molecule has 1 aliphatic heterocycles. The van der Waals surface area contributed by atoms with Crippen LogP contribution in [0, 0.1) is 34.5 Å². The average molecular weight is 419 g/mol. The highest BCUT2D eigenvalue weighted by Gasteiger charge is 2.74. The quantitative estimate of drug-likeness (QED) is 0.446. The molecule has 6 aliphatic rings. The number of carbonyl (C=O) groups is 1. The number of hydrogen-bond donors (Lipinski definition) is 0. The molecule has 0 radical (unpaired) electrons. The molecule has 4 saturated carbocycles. The Morgan fingerprint density at radius 3 is 2.53 bits per heavy atom. The van der Waals surface area contributed by atoms with Gasteiger partial charge < -0.3 is 14.2 Å². The van der Waals surface area contributed by atoms with E-state index in [0.717, 1.165) is 38.5 Å². The summed E-state index contributed by atoms with van der Waals surface area (Å²) < 4.78 is 34.8. The van der Waals surface area contributed by atoms with E-state index in [-0.39, 0.29) is 17.5 Å². The Hall–Kier alpha value is -0.940. The molecular formula is C25H35FO4. The lowest BCUT2D eigenvalue weighted by molar-refractivity contribution is -0.254. The van der Waals surface area contributed by atoms with Crippen LogP contribution in [0.5, 0.6) is 0 Å². The molecule has 0 amide bonds. The summed E-state index contributed by atoms with van der Waals surface area (Å²) in [5.41, 5.74) is -0.480. The molecule has 4 nitrogen and oxygen atoms in total. The third-order valence-electron chi connectivity index (χ3n) is 10.5. The molecule has 8 atom stereocenters. The van der Waals surface area contributed by atoms with Crippen LogP contribution in [0.2, 0.25) is 0 Å². The first kappa shape index (κ1) is 19.7. The van der Waals surface area contributed by atoms with E-state index in [1.54, 1.807) is 0 Å². The summed E-state index contributed by atoms with van der Waals surface area (Å²) in [4.78, 5) is 11.6. The highest BCUT2D eigenvalue weighted by atomic mass is 19.1. The van der Waals surface area contributed by atoms with Crippen molar-refractivity contribution in [2.45, 2.75) is 89.7 Å². The zero-order valence-electron chi connectivity index (χ0n) is 18.5. The van der Waals surface area contributed by atoms with Crippen molar-refractivity contribution in [3.05, 3.63) is 11.6 Å². The van der Waals surface area contributed by atoms with Crippen LogP contribution < -0.4 is 0 Å². The second kappa shape index (κ2) is 6.10. The Bertz CT molecular complexity index is 803. The maximum atomic E-state index is 16.7. The lowest BCUT2D eigenvalue weighted by Crippen LogP contribution is -2.68. The van der Waals surface area contributed by atoms with Crippen molar-refractivity contribution in [1.29, 1.82) is 0 Å². The Kier molecular flexibility index (Phi) is 4.01. The van der Waals surface area contributed by atoms with Crippen molar-refractivity contribution < 1.29 is 23.4 Å². The summed E-state index contributed by atoms with van der Waals surface area (Å²) in [5, 5.41) is 0. The minimum Gasteiger partial charge on any atom is -0.463 e. The molecule has 1 saturated heterocycles. The van der Waals surface area contributed by atoms with Crippen molar-refractivity contribution in [3.8, 4) is 0 Å². The lowest BCUT2D eigenvalue weighted by atomic mass is 9.37. The first-order valence-corrected chi connectivity index (χ1v) is 12.1. The maximum Gasteiger partial charge on any atom is 0.302 e. The van der Waals surface area contributed by atoms with Crippen LogP contribution in [-0.2, 0) is 19.0 Å². The Labute approximate surface area is 178 Å². The zero-order valence-corrected chi connectivity index (χ0v) is 18.5. The number of ether oxygens (including phenoxy) is 3.